The number of hydrogen-bond donors (Lipinski definition) is 1. The predicted octanol–water partition coefficient (Wildman–Crippen LogP) is 2.65. The molecule has 1 amide bonds. The minimum Gasteiger partial charge on any atom is -0.396 e. The monoisotopic (exact) mass is 328 g/mol. The van der Waals surface area contributed by atoms with Crippen molar-refractivity contribution in [1.82, 2.24) is 9.47 Å². The van der Waals surface area contributed by atoms with E-state index in [1.54, 1.807) is 0 Å². The van der Waals surface area contributed by atoms with Gasteiger partial charge in [0.2, 0.25) is 0 Å². The normalized spacial score (nSPS) is 19.7. The van der Waals surface area contributed by atoms with Gasteiger partial charge in [-0.25, -0.2) is 0 Å². The molecule has 1 atom stereocenters. The first-order chi connectivity index (χ1) is 9.17. The summed E-state index contributed by atoms with van der Waals surface area (Å²) in [7, 11) is 0. The van der Waals surface area contributed by atoms with Crippen LogP contribution in [0, 0.1) is 0 Å². The van der Waals surface area contributed by atoms with Crippen LogP contribution in [-0.4, -0.2) is 39.7 Å². The topological polar surface area (TPSA) is 45.5 Å². The summed E-state index contributed by atoms with van der Waals surface area (Å²) < 4.78 is 2.91. The van der Waals surface area contributed by atoms with Gasteiger partial charge in [0.15, 0.2) is 0 Å². The molecule has 0 spiro atoms. The second-order valence-corrected chi connectivity index (χ2v) is 5.91. The predicted molar refractivity (Wildman–Crippen MR) is 78.2 cm³/mol. The fraction of sp³-hybridized carbons (Fsp3) is 0.643. The number of halogens is 1. The number of aryl methyl sites for hydroxylation is 1. The van der Waals surface area contributed by atoms with Crippen LogP contribution in [0.3, 0.4) is 0 Å². The molecule has 1 N–H and O–H groups in total. The van der Waals surface area contributed by atoms with Crippen LogP contribution in [0.2, 0.25) is 0 Å². The van der Waals surface area contributed by atoms with Gasteiger partial charge < -0.3 is 14.6 Å². The molecule has 1 aromatic heterocycles. The lowest BCUT2D eigenvalue weighted by Crippen LogP contribution is -2.44. The largest absolute Gasteiger partial charge is 0.396 e. The number of likely N-dealkylation sites (tertiary alicyclic amines) is 1. The van der Waals surface area contributed by atoms with Gasteiger partial charge >= 0.3 is 0 Å². The van der Waals surface area contributed by atoms with Crippen LogP contribution in [0.1, 0.15) is 43.1 Å². The van der Waals surface area contributed by atoms with E-state index in [4.69, 9.17) is 5.11 Å². The van der Waals surface area contributed by atoms with E-state index >= 15 is 0 Å². The first kappa shape index (κ1) is 14.6. The Morgan fingerprint density at radius 2 is 2.32 bits per heavy atom. The third kappa shape index (κ3) is 3.20. The maximum atomic E-state index is 12.7. The van der Waals surface area contributed by atoms with E-state index in [1.807, 2.05) is 28.7 Å². The van der Waals surface area contributed by atoms with Gasteiger partial charge in [-0.3, -0.25) is 4.79 Å². The number of aromatic nitrogens is 1. The molecule has 0 radical (unpaired) electrons. The minimum absolute atomic E-state index is 0.0886. The summed E-state index contributed by atoms with van der Waals surface area (Å²) in [6.07, 6.45) is 5.83. The smallest absolute Gasteiger partial charge is 0.270 e. The Morgan fingerprint density at radius 3 is 3.00 bits per heavy atom. The lowest BCUT2D eigenvalue weighted by molar-refractivity contribution is 0.0564. The highest BCUT2D eigenvalue weighted by atomic mass is 79.9. The van der Waals surface area contributed by atoms with Crippen LogP contribution in [0.15, 0.2) is 16.7 Å². The third-order valence-corrected chi connectivity index (χ3v) is 4.21. The molecule has 5 heteroatoms. The molecule has 2 heterocycles. The Kier molecular flexibility index (Phi) is 5.05. The molecule has 1 aromatic rings. The molecule has 0 saturated carbocycles. The standard InChI is InChI=1S/C14H21BrN2O2/c1-2-16-10-11(15)9-13(16)14(19)17-7-4-3-5-12(17)6-8-18/h9-10,12,18H,2-8H2,1H3. The van der Waals surface area contributed by atoms with E-state index in [0.717, 1.165) is 42.5 Å². The number of piperidine rings is 1. The van der Waals surface area contributed by atoms with Crippen LogP contribution in [0.25, 0.3) is 0 Å². The molecular weight excluding hydrogens is 308 g/mol. The van der Waals surface area contributed by atoms with Gasteiger partial charge in [-0.1, -0.05) is 0 Å². The second kappa shape index (κ2) is 6.57. The molecule has 0 bridgehead atoms. The van der Waals surface area contributed by atoms with Crippen LogP contribution in [0.4, 0.5) is 0 Å². The van der Waals surface area contributed by atoms with Crippen LogP contribution >= 0.6 is 15.9 Å². The molecule has 1 fully saturated rings. The maximum absolute atomic E-state index is 12.7. The Morgan fingerprint density at radius 1 is 1.53 bits per heavy atom. The SMILES string of the molecule is CCn1cc(Br)cc1C(=O)N1CCCCC1CCO. The van der Waals surface area contributed by atoms with Gasteiger partial charge in [-0.05, 0) is 54.6 Å². The van der Waals surface area contributed by atoms with Crippen LogP contribution in [-0.2, 0) is 6.54 Å². The number of amides is 1. The van der Waals surface area contributed by atoms with E-state index < -0.39 is 0 Å². The lowest BCUT2D eigenvalue weighted by Gasteiger charge is -2.35. The van der Waals surface area contributed by atoms with Gasteiger partial charge in [-0.2, -0.15) is 0 Å². The maximum Gasteiger partial charge on any atom is 0.270 e. The number of aliphatic hydroxyl groups excluding tert-OH is 1. The van der Waals surface area contributed by atoms with E-state index in [0.29, 0.717) is 6.42 Å². The van der Waals surface area contributed by atoms with Crippen molar-refractivity contribution < 1.29 is 9.90 Å². The fourth-order valence-electron chi connectivity index (χ4n) is 2.78. The van der Waals surface area contributed by atoms with Crippen molar-refractivity contribution >= 4 is 21.8 Å². The summed E-state index contributed by atoms with van der Waals surface area (Å²) in [6.45, 7) is 3.76. The summed E-state index contributed by atoms with van der Waals surface area (Å²) in [6, 6.07) is 2.07. The number of carbonyl (C=O) groups excluding carboxylic acids is 1. The molecule has 4 nitrogen and oxygen atoms in total. The van der Waals surface area contributed by atoms with Gasteiger partial charge in [0, 0.05) is 36.4 Å². The zero-order valence-electron chi connectivity index (χ0n) is 11.3. The van der Waals surface area contributed by atoms with Crippen molar-refractivity contribution in [2.75, 3.05) is 13.2 Å². The first-order valence-corrected chi connectivity index (χ1v) is 7.74. The molecule has 0 aliphatic carbocycles. The van der Waals surface area contributed by atoms with Crippen molar-refractivity contribution in [2.45, 2.75) is 45.2 Å². The van der Waals surface area contributed by atoms with E-state index in [9.17, 15) is 4.79 Å². The first-order valence-electron chi connectivity index (χ1n) is 6.95. The van der Waals surface area contributed by atoms with Crippen LogP contribution in [0.5, 0.6) is 0 Å². The summed E-state index contributed by atoms with van der Waals surface area (Å²) in [5, 5.41) is 9.14. The second-order valence-electron chi connectivity index (χ2n) is 4.99. The van der Waals surface area contributed by atoms with Gasteiger partial charge in [0.25, 0.3) is 5.91 Å². The molecule has 1 saturated heterocycles. The molecule has 1 aliphatic heterocycles. The van der Waals surface area contributed by atoms with Crippen molar-refractivity contribution in [3.8, 4) is 0 Å². The third-order valence-electron chi connectivity index (χ3n) is 3.77. The summed E-state index contributed by atoms with van der Waals surface area (Å²) in [4.78, 5) is 14.6. The number of carbonyl (C=O) groups is 1. The highest BCUT2D eigenvalue weighted by Crippen LogP contribution is 2.24. The zero-order chi connectivity index (χ0) is 13.8. The van der Waals surface area contributed by atoms with Gasteiger partial charge in [0.05, 0.1) is 0 Å². The van der Waals surface area contributed by atoms with Crippen molar-refractivity contribution in [1.29, 1.82) is 0 Å². The average molecular weight is 329 g/mol. The Hall–Kier alpha value is -0.810. The van der Waals surface area contributed by atoms with Gasteiger partial charge in [0.1, 0.15) is 5.69 Å². The van der Waals surface area contributed by atoms with E-state index in [2.05, 4.69) is 15.9 Å². The van der Waals surface area contributed by atoms with E-state index in [1.165, 1.54) is 0 Å². The highest BCUT2D eigenvalue weighted by Gasteiger charge is 2.28. The molecule has 106 valence electrons. The van der Waals surface area contributed by atoms with Gasteiger partial charge in [-0.15, -0.1) is 0 Å². The average Bonchev–Trinajstić information content (AvgIpc) is 2.80. The van der Waals surface area contributed by atoms with Crippen molar-refractivity contribution in [3.05, 3.63) is 22.4 Å². The van der Waals surface area contributed by atoms with Crippen LogP contribution < -0.4 is 0 Å². The Balaban J connectivity index is 2.20. The summed E-state index contributed by atoms with van der Waals surface area (Å²) in [5.74, 6) is 0.0886. The van der Waals surface area contributed by atoms with Crippen molar-refractivity contribution in [2.24, 2.45) is 0 Å². The zero-order valence-corrected chi connectivity index (χ0v) is 12.9. The fourth-order valence-corrected chi connectivity index (χ4v) is 3.24. The lowest BCUT2D eigenvalue weighted by atomic mass is 9.99. The Labute approximate surface area is 122 Å². The molecule has 1 unspecified atom stereocenters. The molecular formula is C14H21BrN2O2. The summed E-state index contributed by atoms with van der Waals surface area (Å²) >= 11 is 3.43. The highest BCUT2D eigenvalue weighted by molar-refractivity contribution is 9.10. The van der Waals surface area contributed by atoms with Crippen molar-refractivity contribution in [3.63, 3.8) is 0 Å². The molecule has 2 rings (SSSR count). The molecule has 19 heavy (non-hydrogen) atoms. The number of nitrogens with zero attached hydrogens (tertiary/aromatic N) is 2. The molecule has 0 aromatic carbocycles. The molecule has 1 aliphatic rings. The van der Waals surface area contributed by atoms with E-state index in [-0.39, 0.29) is 18.6 Å². The number of rotatable bonds is 4. The summed E-state index contributed by atoms with van der Waals surface area (Å²) in [5.41, 5.74) is 0.735. The number of aliphatic hydroxyl groups is 1. The minimum atomic E-state index is 0.0886. The quantitative estimate of drug-likeness (QED) is 0.923. The Bertz CT molecular complexity index is 443. The number of hydrogen-bond acceptors (Lipinski definition) is 2.